The van der Waals surface area contributed by atoms with E-state index >= 15 is 0 Å². The van der Waals surface area contributed by atoms with Crippen molar-refractivity contribution in [2.75, 3.05) is 0 Å². The van der Waals surface area contributed by atoms with Gasteiger partial charge in [0.1, 0.15) is 11.5 Å². The maximum atomic E-state index is 12.3. The number of carboxylic acid groups (broad SMARTS) is 1. The van der Waals surface area contributed by atoms with E-state index in [-0.39, 0.29) is 5.69 Å². The molecule has 0 radical (unpaired) electrons. The molecule has 1 atom stereocenters. The number of carbonyl (C=O) groups excluding carboxylic acids is 1. The van der Waals surface area contributed by atoms with Crippen LogP contribution in [0.4, 0.5) is 0 Å². The van der Waals surface area contributed by atoms with E-state index in [0.29, 0.717) is 17.3 Å². The molecular weight excluding hydrogens is 282 g/mol. The van der Waals surface area contributed by atoms with Crippen LogP contribution in [0.25, 0.3) is 0 Å². The Morgan fingerprint density at radius 3 is 2.55 bits per heavy atom. The minimum absolute atomic E-state index is 0.194. The van der Waals surface area contributed by atoms with Gasteiger partial charge in [0.15, 0.2) is 6.04 Å². The monoisotopic (exact) mass is 297 g/mol. The Hall–Kier alpha value is -2.76. The molecule has 1 aromatic heterocycles. The van der Waals surface area contributed by atoms with Crippen LogP contribution < -0.4 is 5.32 Å². The van der Waals surface area contributed by atoms with Crippen LogP contribution in [0, 0.1) is 0 Å². The summed E-state index contributed by atoms with van der Waals surface area (Å²) < 4.78 is 0. The standard InChI is InChI=1S/C16H15N3O3/c20-15(12-8-9-17-14(18-12)11-6-7-11)19-13(16(21)22)10-4-2-1-3-5-10/h1-5,8-9,11,13H,6-7H2,(H,19,20)(H,21,22)/t13-/m0/s1. The second kappa shape index (κ2) is 5.93. The fraction of sp³-hybridized carbons (Fsp3) is 0.250. The molecule has 6 heteroatoms. The first-order chi connectivity index (χ1) is 10.6. The van der Waals surface area contributed by atoms with Crippen molar-refractivity contribution in [2.24, 2.45) is 0 Å². The Labute approximate surface area is 127 Å². The van der Waals surface area contributed by atoms with Crippen molar-refractivity contribution in [1.82, 2.24) is 15.3 Å². The van der Waals surface area contributed by atoms with Gasteiger partial charge in [-0.25, -0.2) is 14.8 Å². The van der Waals surface area contributed by atoms with Gasteiger partial charge in [0, 0.05) is 12.1 Å². The molecular formula is C16H15N3O3. The quantitative estimate of drug-likeness (QED) is 0.879. The van der Waals surface area contributed by atoms with Crippen LogP contribution in [0.15, 0.2) is 42.6 Å². The minimum Gasteiger partial charge on any atom is -0.479 e. The number of carbonyl (C=O) groups is 2. The number of aromatic nitrogens is 2. The van der Waals surface area contributed by atoms with E-state index in [1.807, 2.05) is 0 Å². The second-order valence-electron chi connectivity index (χ2n) is 5.23. The summed E-state index contributed by atoms with van der Waals surface area (Å²) in [5.74, 6) is -0.645. The van der Waals surface area contributed by atoms with E-state index in [1.54, 1.807) is 30.3 Å². The van der Waals surface area contributed by atoms with Gasteiger partial charge in [-0.1, -0.05) is 30.3 Å². The molecule has 1 aliphatic rings. The summed E-state index contributed by atoms with van der Waals surface area (Å²) in [6.45, 7) is 0. The molecule has 0 unspecified atom stereocenters. The lowest BCUT2D eigenvalue weighted by Crippen LogP contribution is -2.34. The third kappa shape index (κ3) is 3.11. The third-order valence-electron chi connectivity index (χ3n) is 3.50. The summed E-state index contributed by atoms with van der Waals surface area (Å²) in [5.41, 5.74) is 0.707. The summed E-state index contributed by atoms with van der Waals surface area (Å²) >= 11 is 0. The highest BCUT2D eigenvalue weighted by molar-refractivity contribution is 5.95. The Morgan fingerprint density at radius 2 is 1.91 bits per heavy atom. The van der Waals surface area contributed by atoms with Crippen LogP contribution in [-0.2, 0) is 4.79 Å². The summed E-state index contributed by atoms with van der Waals surface area (Å²) in [5, 5.41) is 11.8. The zero-order valence-electron chi connectivity index (χ0n) is 11.8. The summed E-state index contributed by atoms with van der Waals surface area (Å²) in [7, 11) is 0. The van der Waals surface area contributed by atoms with Crippen molar-refractivity contribution in [3.05, 3.63) is 59.7 Å². The Kier molecular flexibility index (Phi) is 3.82. The Morgan fingerprint density at radius 1 is 1.18 bits per heavy atom. The lowest BCUT2D eigenvalue weighted by atomic mass is 10.1. The van der Waals surface area contributed by atoms with Crippen LogP contribution in [0.3, 0.4) is 0 Å². The van der Waals surface area contributed by atoms with Gasteiger partial charge < -0.3 is 10.4 Å². The minimum atomic E-state index is -1.11. The zero-order chi connectivity index (χ0) is 15.5. The maximum Gasteiger partial charge on any atom is 0.330 e. The van der Waals surface area contributed by atoms with Crippen molar-refractivity contribution in [2.45, 2.75) is 24.8 Å². The first kappa shape index (κ1) is 14.2. The van der Waals surface area contributed by atoms with Crippen LogP contribution in [-0.4, -0.2) is 27.0 Å². The number of hydrogen-bond acceptors (Lipinski definition) is 4. The van der Waals surface area contributed by atoms with E-state index in [9.17, 15) is 14.7 Å². The van der Waals surface area contributed by atoms with E-state index in [2.05, 4.69) is 15.3 Å². The normalized spacial score (nSPS) is 15.1. The molecule has 1 fully saturated rings. The van der Waals surface area contributed by atoms with Crippen LogP contribution in [0.2, 0.25) is 0 Å². The number of hydrogen-bond donors (Lipinski definition) is 2. The molecule has 112 valence electrons. The maximum absolute atomic E-state index is 12.3. The van der Waals surface area contributed by atoms with Gasteiger partial charge in [-0.3, -0.25) is 4.79 Å². The van der Waals surface area contributed by atoms with Gasteiger partial charge in [-0.2, -0.15) is 0 Å². The van der Waals surface area contributed by atoms with Crippen molar-refractivity contribution in [3.63, 3.8) is 0 Å². The molecule has 2 aromatic rings. The van der Waals surface area contributed by atoms with Gasteiger partial charge in [0.25, 0.3) is 5.91 Å². The number of nitrogens with zero attached hydrogens (tertiary/aromatic N) is 2. The first-order valence-electron chi connectivity index (χ1n) is 7.06. The molecule has 3 rings (SSSR count). The zero-order valence-corrected chi connectivity index (χ0v) is 11.8. The summed E-state index contributed by atoms with van der Waals surface area (Å²) in [6, 6.07) is 8.96. The third-order valence-corrected chi connectivity index (χ3v) is 3.50. The molecule has 0 bridgehead atoms. The molecule has 0 aliphatic heterocycles. The first-order valence-corrected chi connectivity index (χ1v) is 7.06. The van der Waals surface area contributed by atoms with Gasteiger partial charge >= 0.3 is 5.97 Å². The second-order valence-corrected chi connectivity index (χ2v) is 5.23. The number of nitrogens with one attached hydrogen (secondary N) is 1. The van der Waals surface area contributed by atoms with Crippen molar-refractivity contribution >= 4 is 11.9 Å². The average Bonchev–Trinajstić information content (AvgIpc) is 3.38. The number of amides is 1. The largest absolute Gasteiger partial charge is 0.479 e. The van der Waals surface area contributed by atoms with Gasteiger partial charge in [-0.15, -0.1) is 0 Å². The molecule has 1 aliphatic carbocycles. The highest BCUT2D eigenvalue weighted by Crippen LogP contribution is 2.37. The highest BCUT2D eigenvalue weighted by atomic mass is 16.4. The molecule has 0 spiro atoms. The van der Waals surface area contributed by atoms with E-state index in [0.717, 1.165) is 12.8 Å². The number of carboxylic acids is 1. The number of benzene rings is 1. The van der Waals surface area contributed by atoms with Crippen LogP contribution >= 0.6 is 0 Å². The fourth-order valence-electron chi connectivity index (χ4n) is 2.18. The Bertz CT molecular complexity index is 699. The summed E-state index contributed by atoms with van der Waals surface area (Å²) in [4.78, 5) is 32.0. The van der Waals surface area contributed by atoms with Crippen molar-refractivity contribution in [1.29, 1.82) is 0 Å². The summed E-state index contributed by atoms with van der Waals surface area (Å²) in [6.07, 6.45) is 3.60. The molecule has 22 heavy (non-hydrogen) atoms. The number of rotatable bonds is 5. The molecule has 2 N–H and O–H groups in total. The lowest BCUT2D eigenvalue weighted by molar-refractivity contribution is -0.139. The SMILES string of the molecule is O=C(N[C@H](C(=O)O)c1ccccc1)c1ccnc(C2CC2)n1. The molecule has 6 nitrogen and oxygen atoms in total. The van der Waals surface area contributed by atoms with Crippen molar-refractivity contribution in [3.8, 4) is 0 Å². The fourth-order valence-corrected chi connectivity index (χ4v) is 2.18. The lowest BCUT2D eigenvalue weighted by Gasteiger charge is -2.14. The molecule has 1 amide bonds. The molecule has 1 saturated carbocycles. The van der Waals surface area contributed by atoms with E-state index in [1.165, 1.54) is 12.3 Å². The van der Waals surface area contributed by atoms with E-state index < -0.39 is 17.9 Å². The molecule has 1 aromatic carbocycles. The smallest absolute Gasteiger partial charge is 0.330 e. The highest BCUT2D eigenvalue weighted by Gasteiger charge is 2.28. The topological polar surface area (TPSA) is 92.2 Å². The number of aliphatic carboxylic acids is 1. The molecule has 0 saturated heterocycles. The van der Waals surface area contributed by atoms with Crippen molar-refractivity contribution < 1.29 is 14.7 Å². The van der Waals surface area contributed by atoms with Gasteiger partial charge in [0.05, 0.1) is 0 Å². The van der Waals surface area contributed by atoms with E-state index in [4.69, 9.17) is 0 Å². The van der Waals surface area contributed by atoms with Gasteiger partial charge in [0.2, 0.25) is 0 Å². The predicted molar refractivity (Wildman–Crippen MR) is 78.3 cm³/mol. The van der Waals surface area contributed by atoms with Crippen LogP contribution in [0.5, 0.6) is 0 Å². The predicted octanol–water partition coefficient (Wildman–Crippen LogP) is 1.91. The molecule has 1 heterocycles. The van der Waals surface area contributed by atoms with Gasteiger partial charge in [-0.05, 0) is 24.5 Å². The average molecular weight is 297 g/mol. The van der Waals surface area contributed by atoms with Crippen LogP contribution in [0.1, 0.15) is 46.7 Å². The Balaban J connectivity index is 1.79.